The van der Waals surface area contributed by atoms with Crippen LogP contribution in [0.4, 0.5) is 0 Å². The van der Waals surface area contributed by atoms with Crippen LogP contribution in [-0.2, 0) is 16.1 Å². The van der Waals surface area contributed by atoms with Gasteiger partial charge in [0.2, 0.25) is 5.91 Å². The van der Waals surface area contributed by atoms with Gasteiger partial charge in [-0.15, -0.1) is 10.2 Å². The highest BCUT2D eigenvalue weighted by molar-refractivity contribution is 7.99. The molecule has 0 aliphatic rings. The summed E-state index contributed by atoms with van der Waals surface area (Å²) in [5.41, 5.74) is 1.76. The number of nitrogens with zero attached hydrogens (tertiary/aromatic N) is 3. The van der Waals surface area contributed by atoms with E-state index in [9.17, 15) is 4.79 Å². The van der Waals surface area contributed by atoms with Crippen LogP contribution >= 0.6 is 35.0 Å². The number of ether oxygens (including phenoxy) is 1. The van der Waals surface area contributed by atoms with Crippen molar-refractivity contribution in [2.24, 2.45) is 0 Å². The van der Waals surface area contributed by atoms with Crippen LogP contribution in [0.5, 0.6) is 0 Å². The topological polar surface area (TPSA) is 69.0 Å². The number of nitrogens with one attached hydrogen (secondary N) is 1. The molecule has 31 heavy (non-hydrogen) atoms. The summed E-state index contributed by atoms with van der Waals surface area (Å²) < 4.78 is 7.17. The Morgan fingerprint density at radius 1 is 1.19 bits per heavy atom. The van der Waals surface area contributed by atoms with Gasteiger partial charge >= 0.3 is 0 Å². The van der Waals surface area contributed by atoms with Crippen molar-refractivity contribution in [1.82, 2.24) is 20.1 Å². The second-order valence-electron chi connectivity index (χ2n) is 6.92. The van der Waals surface area contributed by atoms with E-state index in [4.69, 9.17) is 27.9 Å². The minimum Gasteiger partial charge on any atom is -0.385 e. The van der Waals surface area contributed by atoms with Crippen LogP contribution in [0.15, 0.2) is 53.7 Å². The Hall–Kier alpha value is -2.06. The second kappa shape index (κ2) is 11.5. The van der Waals surface area contributed by atoms with E-state index in [-0.39, 0.29) is 17.7 Å². The van der Waals surface area contributed by atoms with Crippen LogP contribution in [0.3, 0.4) is 0 Å². The normalized spacial score (nSPS) is 12.0. The molecule has 0 radical (unpaired) electrons. The molecule has 1 atom stereocenters. The van der Waals surface area contributed by atoms with Crippen molar-refractivity contribution >= 4 is 40.9 Å². The van der Waals surface area contributed by atoms with Gasteiger partial charge in [0.1, 0.15) is 0 Å². The molecule has 1 unspecified atom stereocenters. The predicted octanol–water partition coefficient (Wildman–Crippen LogP) is 5.26. The number of rotatable bonds is 10. The molecule has 164 valence electrons. The van der Waals surface area contributed by atoms with Gasteiger partial charge in [-0.25, -0.2) is 0 Å². The number of carbonyl (C=O) groups is 1. The number of halogens is 2. The third-order valence-corrected chi connectivity index (χ3v) is 6.15. The molecule has 3 aromatic rings. The van der Waals surface area contributed by atoms with Crippen molar-refractivity contribution < 1.29 is 9.53 Å². The molecule has 6 nitrogen and oxygen atoms in total. The number of carbonyl (C=O) groups excluding carboxylic acids is 1. The summed E-state index contributed by atoms with van der Waals surface area (Å²) >= 11 is 13.8. The van der Waals surface area contributed by atoms with Gasteiger partial charge in [0, 0.05) is 30.8 Å². The molecule has 1 amide bonds. The van der Waals surface area contributed by atoms with E-state index in [1.54, 1.807) is 7.11 Å². The summed E-state index contributed by atoms with van der Waals surface area (Å²) in [6.07, 6.45) is 0.789. The van der Waals surface area contributed by atoms with Gasteiger partial charge in [0.25, 0.3) is 0 Å². The summed E-state index contributed by atoms with van der Waals surface area (Å²) in [5.74, 6) is 0.802. The number of benzene rings is 2. The average Bonchev–Trinajstić information content (AvgIpc) is 3.15. The first-order valence-corrected chi connectivity index (χ1v) is 11.6. The number of amides is 1. The molecular weight excluding hydrogens is 455 g/mol. The van der Waals surface area contributed by atoms with Gasteiger partial charge in [0.15, 0.2) is 11.0 Å². The molecule has 1 N–H and O–H groups in total. The molecule has 0 aliphatic heterocycles. The van der Waals surface area contributed by atoms with Gasteiger partial charge in [0.05, 0.1) is 16.8 Å². The first kappa shape index (κ1) is 23.6. The molecule has 1 heterocycles. The number of hydrogen-bond acceptors (Lipinski definition) is 5. The lowest BCUT2D eigenvalue weighted by atomic mass is 10.1. The number of aromatic nitrogens is 3. The number of hydrogen-bond donors (Lipinski definition) is 1. The SMILES string of the molecule is COCCCn1c(SCC(=O)NC(C)c2cccc(Cl)c2)nnc1-c1ccccc1Cl. The third kappa shape index (κ3) is 6.46. The summed E-state index contributed by atoms with van der Waals surface area (Å²) in [6.45, 7) is 3.20. The van der Waals surface area contributed by atoms with Gasteiger partial charge < -0.3 is 14.6 Å². The number of methoxy groups -OCH3 is 1. The predicted molar refractivity (Wildman–Crippen MR) is 126 cm³/mol. The van der Waals surface area contributed by atoms with Gasteiger partial charge in [-0.1, -0.05) is 59.2 Å². The lowest BCUT2D eigenvalue weighted by Gasteiger charge is -2.15. The van der Waals surface area contributed by atoms with Gasteiger partial charge in [-0.2, -0.15) is 0 Å². The fraction of sp³-hybridized carbons (Fsp3) is 0.318. The van der Waals surface area contributed by atoms with E-state index >= 15 is 0 Å². The Kier molecular flexibility index (Phi) is 8.78. The van der Waals surface area contributed by atoms with E-state index < -0.39 is 0 Å². The van der Waals surface area contributed by atoms with E-state index in [1.807, 2.05) is 60.0 Å². The lowest BCUT2D eigenvalue weighted by molar-refractivity contribution is -0.119. The second-order valence-corrected chi connectivity index (χ2v) is 8.70. The maximum absolute atomic E-state index is 12.5. The molecular formula is C22H24Cl2N4O2S. The molecule has 0 bridgehead atoms. The third-order valence-electron chi connectivity index (χ3n) is 4.62. The van der Waals surface area contributed by atoms with Crippen molar-refractivity contribution in [3.05, 3.63) is 64.1 Å². The van der Waals surface area contributed by atoms with Crippen molar-refractivity contribution in [3.63, 3.8) is 0 Å². The highest BCUT2D eigenvalue weighted by Crippen LogP contribution is 2.29. The van der Waals surface area contributed by atoms with E-state index in [1.165, 1.54) is 11.8 Å². The monoisotopic (exact) mass is 478 g/mol. The maximum atomic E-state index is 12.5. The standard InChI is InChI=1S/C22H24Cl2N4O2S/c1-15(16-7-5-8-17(23)13-16)25-20(29)14-31-22-27-26-21(28(22)11-6-12-30-2)18-9-3-4-10-19(18)24/h3-5,7-10,13,15H,6,11-12,14H2,1-2H3,(H,25,29). The summed E-state index contributed by atoms with van der Waals surface area (Å²) in [6, 6.07) is 14.8. The fourth-order valence-corrected chi connectivity index (χ4v) is 4.27. The van der Waals surface area contributed by atoms with Crippen molar-refractivity contribution in [2.45, 2.75) is 31.1 Å². The van der Waals surface area contributed by atoms with Crippen LogP contribution < -0.4 is 5.32 Å². The molecule has 0 fully saturated rings. The summed E-state index contributed by atoms with van der Waals surface area (Å²) in [7, 11) is 1.67. The van der Waals surface area contributed by atoms with Crippen LogP contribution in [0.25, 0.3) is 11.4 Å². The molecule has 0 spiro atoms. The van der Waals surface area contributed by atoms with E-state index in [0.29, 0.717) is 34.2 Å². The van der Waals surface area contributed by atoms with Crippen LogP contribution in [0.2, 0.25) is 10.0 Å². The Morgan fingerprint density at radius 2 is 2.00 bits per heavy atom. The minimum absolute atomic E-state index is 0.0942. The van der Waals surface area contributed by atoms with Crippen molar-refractivity contribution in [3.8, 4) is 11.4 Å². The quantitative estimate of drug-likeness (QED) is 0.318. The molecule has 2 aromatic carbocycles. The Bertz CT molecular complexity index is 1030. The maximum Gasteiger partial charge on any atom is 0.230 e. The molecule has 1 aromatic heterocycles. The summed E-state index contributed by atoms with van der Waals surface area (Å²) in [4.78, 5) is 12.5. The highest BCUT2D eigenvalue weighted by Gasteiger charge is 2.18. The van der Waals surface area contributed by atoms with E-state index in [2.05, 4.69) is 15.5 Å². The molecule has 0 saturated carbocycles. The zero-order valence-electron chi connectivity index (χ0n) is 17.3. The van der Waals surface area contributed by atoms with Crippen LogP contribution in [-0.4, -0.2) is 40.1 Å². The molecule has 0 saturated heterocycles. The van der Waals surface area contributed by atoms with E-state index in [0.717, 1.165) is 17.5 Å². The first-order valence-electron chi connectivity index (χ1n) is 9.84. The Balaban J connectivity index is 1.70. The minimum atomic E-state index is -0.148. The smallest absolute Gasteiger partial charge is 0.230 e. The average molecular weight is 479 g/mol. The Labute approximate surface area is 196 Å². The fourth-order valence-electron chi connectivity index (χ4n) is 3.08. The Morgan fingerprint density at radius 3 is 2.74 bits per heavy atom. The van der Waals surface area contributed by atoms with Gasteiger partial charge in [-0.05, 0) is 43.2 Å². The molecule has 3 rings (SSSR count). The first-order chi connectivity index (χ1) is 15.0. The highest BCUT2D eigenvalue weighted by atomic mass is 35.5. The van der Waals surface area contributed by atoms with Crippen LogP contribution in [0, 0.1) is 0 Å². The van der Waals surface area contributed by atoms with Crippen LogP contribution in [0.1, 0.15) is 24.9 Å². The molecule has 0 aliphatic carbocycles. The largest absolute Gasteiger partial charge is 0.385 e. The van der Waals surface area contributed by atoms with Gasteiger partial charge in [-0.3, -0.25) is 4.79 Å². The zero-order valence-corrected chi connectivity index (χ0v) is 19.7. The van der Waals surface area contributed by atoms with Crippen molar-refractivity contribution in [2.75, 3.05) is 19.5 Å². The lowest BCUT2D eigenvalue weighted by Crippen LogP contribution is -2.28. The van der Waals surface area contributed by atoms with Crippen molar-refractivity contribution in [1.29, 1.82) is 0 Å². The zero-order chi connectivity index (χ0) is 22.2. The molecule has 9 heteroatoms. The summed E-state index contributed by atoms with van der Waals surface area (Å²) in [5, 5.41) is 13.6. The number of thioether (sulfide) groups is 1.